The third-order valence-electron chi connectivity index (χ3n) is 1.50. The maximum absolute atomic E-state index is 10.9. The number of benzene rings is 1. The minimum atomic E-state index is -0.782. The zero-order chi connectivity index (χ0) is 8.97. The average molecular weight is 184 g/mol. The lowest BCUT2D eigenvalue weighted by Crippen LogP contribution is -1.92. The number of ether oxygens (including phenoxy) is 1. The average Bonchev–Trinajstić information content (AvgIpc) is 2.03. The second-order valence-electron chi connectivity index (χ2n) is 2.57. The lowest BCUT2D eigenvalue weighted by atomic mass is 10.2. The molecule has 12 heavy (non-hydrogen) atoms. The normalized spacial score (nSPS) is 12.5. The number of methoxy groups -OCH3 is 1. The van der Waals surface area contributed by atoms with Gasteiger partial charge in [-0.2, -0.15) is 0 Å². The van der Waals surface area contributed by atoms with E-state index in [1.807, 2.05) is 24.3 Å². The fourth-order valence-electron chi connectivity index (χ4n) is 0.997. The first-order valence-electron chi connectivity index (χ1n) is 3.65. The third-order valence-corrected chi connectivity index (χ3v) is 2.24. The maximum Gasteiger partial charge on any atom is 0.119 e. The molecule has 1 aromatic carbocycles. The van der Waals surface area contributed by atoms with Crippen LogP contribution >= 0.6 is 0 Å². The van der Waals surface area contributed by atoms with Crippen LogP contribution in [0.15, 0.2) is 24.3 Å². The number of hydrogen-bond acceptors (Lipinski definition) is 2. The van der Waals surface area contributed by atoms with Crippen molar-refractivity contribution in [1.82, 2.24) is 0 Å². The number of rotatable bonds is 3. The molecule has 0 bridgehead atoms. The molecule has 0 heterocycles. The molecule has 0 N–H and O–H groups in total. The van der Waals surface area contributed by atoms with Crippen LogP contribution in [0.2, 0.25) is 0 Å². The van der Waals surface area contributed by atoms with E-state index >= 15 is 0 Å². The van der Waals surface area contributed by atoms with Gasteiger partial charge in [0, 0.05) is 22.8 Å². The Kier molecular flexibility index (Phi) is 3.29. The van der Waals surface area contributed by atoms with Crippen LogP contribution in [0.1, 0.15) is 5.56 Å². The van der Waals surface area contributed by atoms with Crippen molar-refractivity contribution in [2.45, 2.75) is 5.75 Å². The van der Waals surface area contributed by atoms with Crippen molar-refractivity contribution in [2.75, 3.05) is 13.4 Å². The highest BCUT2D eigenvalue weighted by molar-refractivity contribution is 7.83. The summed E-state index contributed by atoms with van der Waals surface area (Å²) in [6, 6.07) is 7.63. The van der Waals surface area contributed by atoms with Crippen molar-refractivity contribution in [3.63, 3.8) is 0 Å². The first kappa shape index (κ1) is 9.26. The van der Waals surface area contributed by atoms with E-state index in [0.717, 1.165) is 11.3 Å². The van der Waals surface area contributed by atoms with Crippen LogP contribution in [0.4, 0.5) is 0 Å². The molecule has 1 aromatic rings. The molecule has 1 rings (SSSR count). The molecule has 0 spiro atoms. The molecule has 0 saturated heterocycles. The Hall–Kier alpha value is -0.830. The highest BCUT2D eigenvalue weighted by Gasteiger charge is 1.97. The van der Waals surface area contributed by atoms with E-state index in [-0.39, 0.29) is 0 Å². The van der Waals surface area contributed by atoms with E-state index in [4.69, 9.17) is 4.74 Å². The van der Waals surface area contributed by atoms with Gasteiger partial charge in [0.2, 0.25) is 0 Å². The van der Waals surface area contributed by atoms with Gasteiger partial charge in [-0.15, -0.1) is 0 Å². The van der Waals surface area contributed by atoms with Gasteiger partial charge in [0.25, 0.3) is 0 Å². The Morgan fingerprint density at radius 2 is 2.25 bits per heavy atom. The molecular formula is C9H12O2S. The van der Waals surface area contributed by atoms with Gasteiger partial charge < -0.3 is 4.74 Å². The van der Waals surface area contributed by atoms with Crippen molar-refractivity contribution < 1.29 is 8.95 Å². The van der Waals surface area contributed by atoms with Crippen LogP contribution in [0.3, 0.4) is 0 Å². The first-order chi connectivity index (χ1) is 5.72. The van der Waals surface area contributed by atoms with Crippen molar-refractivity contribution in [1.29, 1.82) is 0 Å². The third kappa shape index (κ3) is 2.66. The summed E-state index contributed by atoms with van der Waals surface area (Å²) in [5, 5.41) is 0. The van der Waals surface area contributed by atoms with Crippen LogP contribution in [0.5, 0.6) is 5.75 Å². The Labute approximate surface area is 75.0 Å². The minimum absolute atomic E-state index is 0.594. The Morgan fingerprint density at radius 3 is 2.83 bits per heavy atom. The van der Waals surface area contributed by atoms with Crippen LogP contribution < -0.4 is 4.74 Å². The Morgan fingerprint density at radius 1 is 1.50 bits per heavy atom. The van der Waals surface area contributed by atoms with Crippen molar-refractivity contribution in [2.24, 2.45) is 0 Å². The molecule has 0 saturated carbocycles. The van der Waals surface area contributed by atoms with Crippen LogP contribution in [0, 0.1) is 0 Å². The Bertz CT molecular complexity index is 284. The summed E-state index contributed by atoms with van der Waals surface area (Å²) >= 11 is 0. The fourth-order valence-corrected chi connectivity index (χ4v) is 1.65. The van der Waals surface area contributed by atoms with Gasteiger partial charge in [-0.05, 0) is 17.7 Å². The van der Waals surface area contributed by atoms with E-state index in [2.05, 4.69) is 0 Å². The summed E-state index contributed by atoms with van der Waals surface area (Å²) in [4.78, 5) is 0. The second-order valence-corrected chi connectivity index (χ2v) is 4.00. The smallest absolute Gasteiger partial charge is 0.119 e. The molecular weight excluding hydrogens is 172 g/mol. The highest BCUT2D eigenvalue weighted by Crippen LogP contribution is 2.13. The predicted molar refractivity (Wildman–Crippen MR) is 50.8 cm³/mol. The zero-order valence-corrected chi connectivity index (χ0v) is 8.06. The predicted octanol–water partition coefficient (Wildman–Crippen LogP) is 1.57. The van der Waals surface area contributed by atoms with Crippen LogP contribution in [-0.4, -0.2) is 17.6 Å². The standard InChI is InChI=1S/C9H12O2S/c1-11-9-5-3-4-8(6-9)7-12(2)10/h3-6H,7H2,1-2H3/t12-/m0/s1. The molecule has 0 unspecified atom stereocenters. The van der Waals surface area contributed by atoms with Gasteiger partial charge in [-0.3, -0.25) is 4.21 Å². The van der Waals surface area contributed by atoms with E-state index in [9.17, 15) is 4.21 Å². The number of hydrogen-bond donors (Lipinski definition) is 0. The molecule has 0 radical (unpaired) electrons. The summed E-state index contributed by atoms with van der Waals surface area (Å²) < 4.78 is 15.9. The van der Waals surface area contributed by atoms with Crippen molar-refractivity contribution >= 4 is 10.8 Å². The van der Waals surface area contributed by atoms with Gasteiger partial charge in [0.05, 0.1) is 7.11 Å². The fraction of sp³-hybridized carbons (Fsp3) is 0.333. The maximum atomic E-state index is 10.9. The molecule has 0 aliphatic carbocycles. The summed E-state index contributed by atoms with van der Waals surface area (Å²) in [7, 11) is 0.845. The molecule has 0 aliphatic rings. The van der Waals surface area contributed by atoms with E-state index in [1.165, 1.54) is 0 Å². The van der Waals surface area contributed by atoms with E-state index < -0.39 is 10.8 Å². The SMILES string of the molecule is COc1cccc(C[S@](C)=O)c1. The molecule has 66 valence electrons. The second kappa shape index (κ2) is 4.26. The Balaban J connectivity index is 2.79. The largest absolute Gasteiger partial charge is 0.497 e. The molecule has 0 aromatic heterocycles. The topological polar surface area (TPSA) is 26.3 Å². The minimum Gasteiger partial charge on any atom is -0.497 e. The quantitative estimate of drug-likeness (QED) is 0.712. The van der Waals surface area contributed by atoms with E-state index in [1.54, 1.807) is 13.4 Å². The molecule has 1 atom stereocenters. The van der Waals surface area contributed by atoms with Crippen LogP contribution in [0.25, 0.3) is 0 Å². The first-order valence-corrected chi connectivity index (χ1v) is 5.38. The van der Waals surface area contributed by atoms with Crippen LogP contribution in [-0.2, 0) is 16.6 Å². The lowest BCUT2D eigenvalue weighted by molar-refractivity contribution is 0.414. The van der Waals surface area contributed by atoms with Crippen molar-refractivity contribution in [3.05, 3.63) is 29.8 Å². The van der Waals surface area contributed by atoms with Gasteiger partial charge in [0.1, 0.15) is 5.75 Å². The highest BCUT2D eigenvalue weighted by atomic mass is 32.2. The molecule has 0 amide bonds. The van der Waals surface area contributed by atoms with Crippen molar-refractivity contribution in [3.8, 4) is 5.75 Å². The summed E-state index contributed by atoms with van der Waals surface area (Å²) in [6.07, 6.45) is 1.69. The zero-order valence-electron chi connectivity index (χ0n) is 7.24. The van der Waals surface area contributed by atoms with E-state index in [0.29, 0.717) is 5.75 Å². The summed E-state index contributed by atoms with van der Waals surface area (Å²) in [5.41, 5.74) is 1.05. The van der Waals surface area contributed by atoms with Gasteiger partial charge in [-0.25, -0.2) is 0 Å². The van der Waals surface area contributed by atoms with Gasteiger partial charge in [-0.1, -0.05) is 12.1 Å². The molecule has 0 aliphatic heterocycles. The molecule has 3 heteroatoms. The molecule has 0 fully saturated rings. The van der Waals surface area contributed by atoms with Gasteiger partial charge in [0.15, 0.2) is 0 Å². The molecule has 2 nitrogen and oxygen atoms in total. The summed E-state index contributed by atoms with van der Waals surface area (Å²) in [6.45, 7) is 0. The lowest BCUT2D eigenvalue weighted by Gasteiger charge is -2.01. The summed E-state index contributed by atoms with van der Waals surface area (Å²) in [5.74, 6) is 1.41. The van der Waals surface area contributed by atoms with Gasteiger partial charge >= 0.3 is 0 Å². The monoisotopic (exact) mass is 184 g/mol.